The highest BCUT2D eigenvalue weighted by molar-refractivity contribution is 6.12. The van der Waals surface area contributed by atoms with Gasteiger partial charge in [-0.3, -0.25) is 10.1 Å². The number of hydrogen-bond donors (Lipinski definition) is 3. The molecule has 37 heavy (non-hydrogen) atoms. The lowest BCUT2D eigenvalue weighted by atomic mass is 9.99. The summed E-state index contributed by atoms with van der Waals surface area (Å²) in [4.78, 5) is 36.1. The average Bonchev–Trinajstić information content (AvgIpc) is 3.22. The Bertz CT molecular complexity index is 1390. The van der Waals surface area contributed by atoms with Crippen molar-refractivity contribution in [3.63, 3.8) is 0 Å². The summed E-state index contributed by atoms with van der Waals surface area (Å²) in [5.74, 6) is -0.0115. The van der Waals surface area contributed by atoms with Gasteiger partial charge in [0.15, 0.2) is 5.78 Å². The molecule has 1 aromatic carbocycles. The number of carboxylic acid groups (broad SMARTS) is 1. The predicted molar refractivity (Wildman–Crippen MR) is 142 cm³/mol. The molecule has 8 nitrogen and oxygen atoms in total. The fourth-order valence-electron chi connectivity index (χ4n) is 3.91. The summed E-state index contributed by atoms with van der Waals surface area (Å²) in [6.07, 6.45) is 6.44. The summed E-state index contributed by atoms with van der Waals surface area (Å²) in [6, 6.07) is 9.17. The number of furan rings is 1. The first-order valence-corrected chi connectivity index (χ1v) is 12.3. The second-order valence-electron chi connectivity index (χ2n) is 9.64. The minimum absolute atomic E-state index is 0.221. The Hall–Kier alpha value is -4.07. The summed E-state index contributed by atoms with van der Waals surface area (Å²) in [7, 11) is 0. The van der Waals surface area contributed by atoms with Crippen LogP contribution in [0.4, 0.5) is 4.79 Å². The number of fused-ring (bicyclic) bond motifs is 1. The lowest BCUT2D eigenvalue weighted by Gasteiger charge is -2.11. The van der Waals surface area contributed by atoms with E-state index in [4.69, 9.17) is 13.9 Å². The molecule has 3 aromatic rings. The Morgan fingerprint density at radius 3 is 2.51 bits per heavy atom. The zero-order chi connectivity index (χ0) is 27.1. The first-order chi connectivity index (χ1) is 17.5. The van der Waals surface area contributed by atoms with Gasteiger partial charge in [-0.1, -0.05) is 39.0 Å². The molecule has 0 bridgehead atoms. The van der Waals surface area contributed by atoms with Gasteiger partial charge in [0, 0.05) is 29.1 Å². The van der Waals surface area contributed by atoms with Crippen LogP contribution in [0.3, 0.4) is 0 Å². The molecule has 8 heteroatoms. The number of allylic oxidation sites excluding steroid dienone is 2. The molecular weight excluding hydrogens is 474 g/mol. The number of carbonyl (C=O) groups excluding carboxylic acids is 1. The van der Waals surface area contributed by atoms with Gasteiger partial charge >= 0.3 is 11.7 Å². The first-order valence-electron chi connectivity index (χ1n) is 12.3. The van der Waals surface area contributed by atoms with Crippen molar-refractivity contribution in [2.45, 2.75) is 59.3 Å². The van der Waals surface area contributed by atoms with Crippen LogP contribution >= 0.6 is 0 Å². The van der Waals surface area contributed by atoms with Crippen LogP contribution < -0.4 is 10.9 Å². The quantitative estimate of drug-likeness (QED) is 0.196. The normalized spacial score (nSPS) is 12.9. The molecule has 1 amide bonds. The molecule has 0 radical (unpaired) electrons. The van der Waals surface area contributed by atoms with E-state index in [9.17, 15) is 19.5 Å². The van der Waals surface area contributed by atoms with Gasteiger partial charge in [0.1, 0.15) is 28.4 Å². The monoisotopic (exact) mass is 507 g/mol. The highest BCUT2D eigenvalue weighted by Crippen LogP contribution is 2.27. The average molecular weight is 508 g/mol. The molecule has 0 aliphatic carbocycles. The summed E-state index contributed by atoms with van der Waals surface area (Å²) < 4.78 is 11.3. The Balaban J connectivity index is 1.75. The summed E-state index contributed by atoms with van der Waals surface area (Å²) in [5.41, 5.74) is 0.786. The number of aromatic hydroxyl groups is 1. The number of amides is 1. The number of benzene rings is 1. The minimum Gasteiger partial charge on any atom is -0.507 e. The van der Waals surface area contributed by atoms with Gasteiger partial charge in [-0.2, -0.15) is 0 Å². The van der Waals surface area contributed by atoms with Gasteiger partial charge in [-0.05, 0) is 62.3 Å². The molecule has 0 aliphatic rings. The van der Waals surface area contributed by atoms with Gasteiger partial charge < -0.3 is 19.0 Å². The third-order valence-corrected chi connectivity index (χ3v) is 6.08. The van der Waals surface area contributed by atoms with E-state index in [1.54, 1.807) is 26.0 Å². The van der Waals surface area contributed by atoms with Gasteiger partial charge in [-0.15, -0.1) is 0 Å². The smallest absolute Gasteiger partial charge is 0.408 e. The Morgan fingerprint density at radius 1 is 1.08 bits per heavy atom. The van der Waals surface area contributed by atoms with Crippen LogP contribution in [0.1, 0.15) is 80.3 Å². The van der Waals surface area contributed by atoms with Crippen LogP contribution in [-0.4, -0.2) is 22.1 Å². The van der Waals surface area contributed by atoms with Crippen molar-refractivity contribution in [3.8, 4) is 5.75 Å². The number of carbonyl (C=O) groups is 2. The lowest BCUT2D eigenvalue weighted by Crippen LogP contribution is -2.16. The lowest BCUT2D eigenvalue weighted by molar-refractivity contribution is 0.102. The summed E-state index contributed by atoms with van der Waals surface area (Å²) >= 11 is 0. The van der Waals surface area contributed by atoms with E-state index < -0.39 is 28.8 Å². The molecule has 2 heterocycles. The highest BCUT2D eigenvalue weighted by atomic mass is 16.4. The molecule has 0 aliphatic heterocycles. The Morgan fingerprint density at radius 2 is 1.84 bits per heavy atom. The fourth-order valence-corrected chi connectivity index (χ4v) is 3.91. The van der Waals surface area contributed by atoms with E-state index in [-0.39, 0.29) is 17.3 Å². The van der Waals surface area contributed by atoms with E-state index in [1.807, 2.05) is 18.2 Å². The maximum atomic E-state index is 13.0. The van der Waals surface area contributed by atoms with Gasteiger partial charge in [-0.25, -0.2) is 9.59 Å². The number of nitrogens with one attached hydrogen (secondary N) is 1. The number of rotatable bonds is 11. The Labute approximate surface area is 215 Å². The molecule has 0 saturated carbocycles. The molecule has 1 unspecified atom stereocenters. The van der Waals surface area contributed by atoms with Crippen LogP contribution in [0.5, 0.6) is 5.75 Å². The second kappa shape index (κ2) is 12.3. The van der Waals surface area contributed by atoms with E-state index >= 15 is 0 Å². The number of Topliss-reactive ketones (excluding diaryl/α,β-unsaturated/α-hetero) is 1. The zero-order valence-corrected chi connectivity index (χ0v) is 21.5. The van der Waals surface area contributed by atoms with Crippen LogP contribution in [-0.2, 0) is 6.42 Å². The molecule has 1 atom stereocenters. The third kappa shape index (κ3) is 7.46. The molecule has 3 N–H and O–H groups in total. The molecule has 196 valence electrons. The number of aryl methyl sites for hydroxylation is 1. The van der Waals surface area contributed by atoms with Crippen molar-refractivity contribution in [1.29, 1.82) is 0 Å². The second-order valence-corrected chi connectivity index (χ2v) is 9.64. The van der Waals surface area contributed by atoms with Crippen LogP contribution in [0.2, 0.25) is 0 Å². The van der Waals surface area contributed by atoms with E-state index in [2.05, 4.69) is 25.2 Å². The molecule has 3 rings (SSSR count). The van der Waals surface area contributed by atoms with Gasteiger partial charge in [0.2, 0.25) is 0 Å². The molecule has 2 aromatic heterocycles. The van der Waals surface area contributed by atoms with E-state index in [0.717, 1.165) is 23.8 Å². The van der Waals surface area contributed by atoms with Crippen molar-refractivity contribution in [2.75, 3.05) is 0 Å². The molecule has 0 fully saturated rings. The molecule has 0 spiro atoms. The van der Waals surface area contributed by atoms with Crippen LogP contribution in [0.25, 0.3) is 17.0 Å². The minimum atomic E-state index is -1.16. The van der Waals surface area contributed by atoms with E-state index in [0.29, 0.717) is 24.5 Å². The predicted octanol–water partition coefficient (Wildman–Crippen LogP) is 6.63. The SMILES string of the molecule is CC(=Cc1cc2ccc(CCC(C)C)cc2o1)C(=O)c1c(O)cc(C(C)CCC=CNC(=O)O)oc1=O. The highest BCUT2D eigenvalue weighted by Gasteiger charge is 2.22. The van der Waals surface area contributed by atoms with Crippen LogP contribution in [0, 0.1) is 5.92 Å². The third-order valence-electron chi connectivity index (χ3n) is 6.08. The molecular formula is C29H33NO7. The standard InChI is InChI=1S/C29H33NO7/c1-17(2)8-9-20-10-11-21-15-22(36-25(21)14-20)13-19(4)27(32)26-23(31)16-24(37-28(26)33)18(3)7-5-6-12-30-29(34)35/h6,10-18,30-31H,5,7-9H2,1-4H3,(H,34,35). The molecule has 0 saturated heterocycles. The van der Waals surface area contributed by atoms with Crippen molar-refractivity contribution < 1.29 is 28.6 Å². The maximum absolute atomic E-state index is 13.0. The summed E-state index contributed by atoms with van der Waals surface area (Å²) in [6.45, 7) is 7.72. The van der Waals surface area contributed by atoms with Crippen molar-refractivity contribution in [1.82, 2.24) is 5.32 Å². The summed E-state index contributed by atoms with van der Waals surface area (Å²) in [5, 5.41) is 22.1. The van der Waals surface area contributed by atoms with Crippen molar-refractivity contribution >= 4 is 28.9 Å². The van der Waals surface area contributed by atoms with Gasteiger partial charge in [0.25, 0.3) is 0 Å². The Kier molecular flexibility index (Phi) is 9.11. The largest absolute Gasteiger partial charge is 0.507 e. The fraction of sp³-hybridized carbons (Fsp3) is 0.345. The number of ketones is 1. The van der Waals surface area contributed by atoms with E-state index in [1.165, 1.54) is 17.8 Å². The first kappa shape index (κ1) is 27.5. The maximum Gasteiger partial charge on any atom is 0.408 e. The van der Waals surface area contributed by atoms with Crippen molar-refractivity contribution in [2.24, 2.45) is 5.92 Å². The zero-order valence-electron chi connectivity index (χ0n) is 21.5. The van der Waals surface area contributed by atoms with Gasteiger partial charge in [0.05, 0.1) is 0 Å². The topological polar surface area (TPSA) is 130 Å². The van der Waals surface area contributed by atoms with Crippen molar-refractivity contribution in [3.05, 3.63) is 81.2 Å². The van der Waals surface area contributed by atoms with Crippen LogP contribution in [0.15, 0.2) is 61.8 Å². The number of hydrogen-bond acceptors (Lipinski definition) is 6.